The van der Waals surface area contributed by atoms with Crippen LogP contribution in [0.25, 0.3) is 0 Å². The van der Waals surface area contributed by atoms with Crippen molar-refractivity contribution in [1.82, 2.24) is 14.7 Å². The summed E-state index contributed by atoms with van der Waals surface area (Å²) in [6.07, 6.45) is 3.73. The van der Waals surface area contributed by atoms with Crippen LogP contribution in [0.3, 0.4) is 0 Å². The van der Waals surface area contributed by atoms with Crippen molar-refractivity contribution in [2.75, 3.05) is 13.6 Å². The fourth-order valence-corrected chi connectivity index (χ4v) is 1.48. The van der Waals surface area contributed by atoms with E-state index >= 15 is 0 Å². The van der Waals surface area contributed by atoms with Gasteiger partial charge in [0.1, 0.15) is 0 Å². The Morgan fingerprint density at radius 3 is 2.87 bits per heavy atom. The molecule has 5 nitrogen and oxygen atoms in total. The van der Waals surface area contributed by atoms with E-state index in [4.69, 9.17) is 5.11 Å². The molecule has 0 spiro atoms. The molecule has 1 rings (SSSR count). The molecule has 0 bridgehead atoms. The highest BCUT2D eigenvalue weighted by molar-refractivity contribution is 5.69. The van der Waals surface area contributed by atoms with E-state index < -0.39 is 5.97 Å². The van der Waals surface area contributed by atoms with E-state index in [2.05, 4.69) is 5.10 Å². The first-order valence-electron chi connectivity index (χ1n) is 4.88. The van der Waals surface area contributed by atoms with Gasteiger partial charge in [-0.05, 0) is 7.05 Å². The van der Waals surface area contributed by atoms with Crippen LogP contribution in [0.15, 0.2) is 12.4 Å². The van der Waals surface area contributed by atoms with E-state index in [0.717, 1.165) is 12.1 Å². The molecule has 0 aromatic carbocycles. The molecule has 1 unspecified atom stereocenters. The molecular weight excluding hydrogens is 194 g/mol. The van der Waals surface area contributed by atoms with E-state index in [1.807, 2.05) is 25.2 Å². The van der Waals surface area contributed by atoms with Gasteiger partial charge < -0.3 is 10.0 Å². The Balaban J connectivity index is 2.42. The van der Waals surface area contributed by atoms with Crippen LogP contribution >= 0.6 is 0 Å². The smallest absolute Gasteiger partial charge is 0.307 e. The average Bonchev–Trinajstić information content (AvgIpc) is 2.50. The number of nitrogens with zero attached hydrogens (tertiary/aromatic N) is 3. The average molecular weight is 211 g/mol. The minimum absolute atomic E-state index is 0.341. The van der Waals surface area contributed by atoms with Crippen LogP contribution in [0.1, 0.15) is 12.5 Å². The highest BCUT2D eigenvalue weighted by Gasteiger charge is 2.13. The molecule has 0 fully saturated rings. The molecule has 1 aromatic rings. The molecule has 1 atom stereocenters. The third kappa shape index (κ3) is 3.71. The first-order valence-corrected chi connectivity index (χ1v) is 4.88. The summed E-state index contributed by atoms with van der Waals surface area (Å²) in [5.41, 5.74) is 1.09. The molecule has 15 heavy (non-hydrogen) atoms. The van der Waals surface area contributed by atoms with Gasteiger partial charge in [-0.1, -0.05) is 6.92 Å². The normalized spacial score (nSPS) is 13.1. The molecule has 1 aromatic heterocycles. The lowest BCUT2D eigenvalue weighted by molar-refractivity contribution is -0.141. The number of carbonyl (C=O) groups is 1. The first kappa shape index (κ1) is 11.7. The summed E-state index contributed by atoms with van der Waals surface area (Å²) in [5, 5.41) is 12.8. The maximum Gasteiger partial charge on any atom is 0.307 e. The second kappa shape index (κ2) is 4.93. The number of aryl methyl sites for hydroxylation is 1. The Bertz CT molecular complexity index is 335. The number of rotatable bonds is 5. The molecule has 0 aliphatic rings. The van der Waals surface area contributed by atoms with Crippen LogP contribution in [0.5, 0.6) is 0 Å². The Hall–Kier alpha value is -1.36. The summed E-state index contributed by atoms with van der Waals surface area (Å²) < 4.78 is 1.74. The molecule has 0 radical (unpaired) electrons. The predicted octanol–water partition coefficient (Wildman–Crippen LogP) is 0.573. The number of carboxylic acids is 1. The molecule has 0 aliphatic carbocycles. The topological polar surface area (TPSA) is 58.4 Å². The van der Waals surface area contributed by atoms with Crippen molar-refractivity contribution in [2.45, 2.75) is 13.5 Å². The summed E-state index contributed by atoms with van der Waals surface area (Å²) in [6.45, 7) is 2.98. The van der Waals surface area contributed by atoms with Crippen molar-refractivity contribution in [2.24, 2.45) is 13.0 Å². The molecule has 0 saturated carbocycles. The number of aromatic nitrogens is 2. The maximum atomic E-state index is 10.6. The van der Waals surface area contributed by atoms with Crippen molar-refractivity contribution in [3.8, 4) is 0 Å². The van der Waals surface area contributed by atoms with Gasteiger partial charge in [0.05, 0.1) is 12.1 Å². The Kier molecular flexibility index (Phi) is 3.85. The van der Waals surface area contributed by atoms with E-state index in [1.54, 1.807) is 17.8 Å². The minimum atomic E-state index is -0.756. The number of hydrogen-bond acceptors (Lipinski definition) is 3. The Labute approximate surface area is 89.3 Å². The predicted molar refractivity (Wildman–Crippen MR) is 56.3 cm³/mol. The summed E-state index contributed by atoms with van der Waals surface area (Å²) in [5.74, 6) is -1.10. The van der Waals surface area contributed by atoms with E-state index in [1.165, 1.54) is 0 Å². The summed E-state index contributed by atoms with van der Waals surface area (Å²) in [7, 11) is 3.77. The lowest BCUT2D eigenvalue weighted by atomic mass is 10.1. The van der Waals surface area contributed by atoms with Gasteiger partial charge >= 0.3 is 5.97 Å². The van der Waals surface area contributed by atoms with Gasteiger partial charge in [0.25, 0.3) is 0 Å². The highest BCUT2D eigenvalue weighted by atomic mass is 16.4. The minimum Gasteiger partial charge on any atom is -0.481 e. The largest absolute Gasteiger partial charge is 0.481 e. The zero-order chi connectivity index (χ0) is 11.4. The number of carboxylic acid groups (broad SMARTS) is 1. The Morgan fingerprint density at radius 2 is 2.40 bits per heavy atom. The van der Waals surface area contributed by atoms with Gasteiger partial charge in [-0.15, -0.1) is 0 Å². The molecule has 0 aliphatic heterocycles. The monoisotopic (exact) mass is 211 g/mol. The van der Waals surface area contributed by atoms with Crippen molar-refractivity contribution in [3.05, 3.63) is 18.0 Å². The van der Waals surface area contributed by atoms with Crippen molar-refractivity contribution < 1.29 is 9.90 Å². The van der Waals surface area contributed by atoms with Crippen molar-refractivity contribution >= 4 is 5.97 Å². The van der Waals surface area contributed by atoms with Crippen molar-refractivity contribution in [1.29, 1.82) is 0 Å². The van der Waals surface area contributed by atoms with Gasteiger partial charge in [0.15, 0.2) is 0 Å². The third-order valence-electron chi connectivity index (χ3n) is 2.22. The maximum absolute atomic E-state index is 10.6. The van der Waals surface area contributed by atoms with Gasteiger partial charge in [0.2, 0.25) is 0 Å². The van der Waals surface area contributed by atoms with Crippen LogP contribution in [-0.4, -0.2) is 39.3 Å². The van der Waals surface area contributed by atoms with Crippen LogP contribution in [-0.2, 0) is 18.4 Å². The van der Waals surface area contributed by atoms with Gasteiger partial charge in [-0.2, -0.15) is 5.10 Å². The van der Waals surface area contributed by atoms with Gasteiger partial charge in [-0.3, -0.25) is 9.48 Å². The second-order valence-corrected chi connectivity index (χ2v) is 3.96. The fourth-order valence-electron chi connectivity index (χ4n) is 1.48. The lowest BCUT2D eigenvalue weighted by Gasteiger charge is -2.17. The molecule has 84 valence electrons. The van der Waals surface area contributed by atoms with Gasteiger partial charge in [0, 0.05) is 31.9 Å². The van der Waals surface area contributed by atoms with Crippen LogP contribution in [0, 0.1) is 5.92 Å². The van der Waals surface area contributed by atoms with Crippen LogP contribution < -0.4 is 0 Å². The van der Waals surface area contributed by atoms with Crippen molar-refractivity contribution in [3.63, 3.8) is 0 Å². The van der Waals surface area contributed by atoms with Crippen LogP contribution in [0.4, 0.5) is 0 Å². The fraction of sp³-hybridized carbons (Fsp3) is 0.600. The van der Waals surface area contributed by atoms with E-state index in [-0.39, 0.29) is 5.92 Å². The summed E-state index contributed by atoms with van der Waals surface area (Å²) >= 11 is 0. The quantitative estimate of drug-likeness (QED) is 0.773. The Morgan fingerprint density at radius 1 is 1.73 bits per heavy atom. The molecule has 0 amide bonds. The lowest BCUT2D eigenvalue weighted by Crippen LogP contribution is -2.28. The molecule has 1 heterocycles. The second-order valence-electron chi connectivity index (χ2n) is 3.96. The number of aliphatic carboxylic acids is 1. The molecular formula is C10H17N3O2. The van der Waals surface area contributed by atoms with E-state index in [9.17, 15) is 4.79 Å². The molecule has 5 heteroatoms. The number of hydrogen-bond donors (Lipinski definition) is 1. The first-order chi connectivity index (χ1) is 6.99. The third-order valence-corrected chi connectivity index (χ3v) is 2.22. The molecule has 1 N–H and O–H groups in total. The SMILES string of the molecule is CC(CN(C)Cc1cnn(C)c1)C(=O)O. The zero-order valence-corrected chi connectivity index (χ0v) is 9.34. The highest BCUT2D eigenvalue weighted by Crippen LogP contribution is 2.04. The van der Waals surface area contributed by atoms with Crippen LogP contribution in [0.2, 0.25) is 0 Å². The van der Waals surface area contributed by atoms with E-state index in [0.29, 0.717) is 6.54 Å². The summed E-state index contributed by atoms with van der Waals surface area (Å²) in [4.78, 5) is 12.6. The zero-order valence-electron chi connectivity index (χ0n) is 9.34. The standard InChI is InChI=1S/C10H17N3O2/c1-8(10(14)15)5-12(2)6-9-4-11-13(3)7-9/h4,7-8H,5-6H2,1-3H3,(H,14,15). The molecule has 0 saturated heterocycles. The van der Waals surface area contributed by atoms with Gasteiger partial charge in [-0.25, -0.2) is 0 Å². The summed E-state index contributed by atoms with van der Waals surface area (Å²) in [6, 6.07) is 0.